The van der Waals surface area contributed by atoms with Gasteiger partial charge in [-0.3, -0.25) is 4.79 Å². The number of ether oxygens (including phenoxy) is 1. The lowest BCUT2D eigenvalue weighted by molar-refractivity contribution is -0.133. The van der Waals surface area contributed by atoms with Crippen molar-refractivity contribution >= 4 is 29.2 Å². The van der Waals surface area contributed by atoms with Gasteiger partial charge < -0.3 is 15.0 Å². The summed E-state index contributed by atoms with van der Waals surface area (Å²) in [7, 11) is 3.38. The number of benzene rings is 2. The van der Waals surface area contributed by atoms with Crippen molar-refractivity contribution in [1.29, 1.82) is 0 Å². The average molecular weight is 347 g/mol. The zero-order valence-electron chi connectivity index (χ0n) is 13.6. The van der Waals surface area contributed by atoms with Gasteiger partial charge in [-0.25, -0.2) is 4.79 Å². The van der Waals surface area contributed by atoms with E-state index < -0.39 is 5.97 Å². The minimum absolute atomic E-state index is 0.278. The van der Waals surface area contributed by atoms with Gasteiger partial charge in [-0.15, -0.1) is 0 Å². The molecule has 24 heavy (non-hydrogen) atoms. The zero-order valence-corrected chi connectivity index (χ0v) is 14.3. The Morgan fingerprint density at radius 1 is 1.12 bits per heavy atom. The van der Waals surface area contributed by atoms with Crippen LogP contribution >= 0.6 is 11.6 Å². The molecule has 6 heteroatoms. The normalized spacial score (nSPS) is 10.1. The first-order valence-electron chi connectivity index (χ1n) is 7.43. The van der Waals surface area contributed by atoms with Crippen LogP contribution in [0, 0.1) is 0 Å². The van der Waals surface area contributed by atoms with Crippen LogP contribution < -0.4 is 5.32 Å². The Labute approximate surface area is 146 Å². The van der Waals surface area contributed by atoms with Crippen LogP contribution in [0.3, 0.4) is 0 Å². The lowest BCUT2D eigenvalue weighted by Crippen LogP contribution is -2.30. The molecular formula is C18H19ClN2O3. The lowest BCUT2D eigenvalue weighted by Gasteiger charge is -2.17. The van der Waals surface area contributed by atoms with Crippen molar-refractivity contribution in [2.75, 3.05) is 26.0 Å². The molecule has 0 unspecified atom stereocenters. The molecule has 0 aliphatic carbocycles. The standard InChI is InChI=1S/C18H19ClN2O3/c1-20-16-6-4-3-5-15(16)18(23)24-12-17(22)21(2)11-13-7-9-14(19)10-8-13/h3-10,20H,11-12H2,1-2H3. The fraction of sp³-hybridized carbons (Fsp3) is 0.222. The van der Waals surface area contributed by atoms with Crippen LogP contribution in [-0.4, -0.2) is 37.5 Å². The van der Waals surface area contributed by atoms with Gasteiger partial charge in [-0.2, -0.15) is 0 Å². The highest BCUT2D eigenvalue weighted by molar-refractivity contribution is 6.30. The van der Waals surface area contributed by atoms with E-state index in [1.165, 1.54) is 4.90 Å². The molecule has 2 aromatic carbocycles. The van der Waals surface area contributed by atoms with Crippen LogP contribution in [0.2, 0.25) is 5.02 Å². The Hall–Kier alpha value is -2.53. The van der Waals surface area contributed by atoms with E-state index in [0.717, 1.165) is 5.56 Å². The van der Waals surface area contributed by atoms with Gasteiger partial charge in [-0.05, 0) is 29.8 Å². The molecule has 0 aliphatic rings. The molecule has 0 heterocycles. The van der Waals surface area contributed by atoms with Gasteiger partial charge in [0, 0.05) is 31.4 Å². The number of nitrogens with one attached hydrogen (secondary N) is 1. The van der Waals surface area contributed by atoms with Gasteiger partial charge in [0.25, 0.3) is 5.91 Å². The van der Waals surface area contributed by atoms with Gasteiger partial charge in [0.1, 0.15) is 0 Å². The molecule has 0 saturated carbocycles. The summed E-state index contributed by atoms with van der Waals surface area (Å²) in [4.78, 5) is 25.7. The van der Waals surface area contributed by atoms with E-state index >= 15 is 0 Å². The quantitative estimate of drug-likeness (QED) is 0.816. The highest BCUT2D eigenvalue weighted by Gasteiger charge is 2.15. The van der Waals surface area contributed by atoms with Gasteiger partial charge in [0.15, 0.2) is 6.61 Å². The van der Waals surface area contributed by atoms with Crippen LogP contribution in [-0.2, 0) is 16.1 Å². The summed E-state index contributed by atoms with van der Waals surface area (Å²) in [5.41, 5.74) is 2.00. The third-order valence-corrected chi connectivity index (χ3v) is 3.75. The fourth-order valence-electron chi connectivity index (χ4n) is 2.15. The lowest BCUT2D eigenvalue weighted by atomic mass is 10.2. The van der Waals surface area contributed by atoms with Gasteiger partial charge >= 0.3 is 5.97 Å². The van der Waals surface area contributed by atoms with Gasteiger partial charge in [-0.1, -0.05) is 35.9 Å². The second-order valence-corrected chi connectivity index (χ2v) is 5.68. The SMILES string of the molecule is CNc1ccccc1C(=O)OCC(=O)N(C)Cc1ccc(Cl)cc1. The van der Waals surface area contributed by atoms with Gasteiger partial charge in [0.2, 0.25) is 0 Å². The number of nitrogens with zero attached hydrogens (tertiary/aromatic N) is 1. The van der Waals surface area contributed by atoms with Crippen molar-refractivity contribution in [2.24, 2.45) is 0 Å². The number of hydrogen-bond acceptors (Lipinski definition) is 4. The van der Waals surface area contributed by atoms with E-state index in [-0.39, 0.29) is 12.5 Å². The smallest absolute Gasteiger partial charge is 0.340 e. The molecular weight excluding hydrogens is 328 g/mol. The molecule has 5 nitrogen and oxygen atoms in total. The Kier molecular flexibility index (Phi) is 6.21. The minimum atomic E-state index is -0.534. The topological polar surface area (TPSA) is 58.6 Å². The summed E-state index contributed by atoms with van der Waals surface area (Å²) in [6, 6.07) is 14.2. The molecule has 0 aromatic heterocycles. The average Bonchev–Trinajstić information content (AvgIpc) is 2.61. The van der Waals surface area contributed by atoms with E-state index in [0.29, 0.717) is 22.8 Å². The summed E-state index contributed by atoms with van der Waals surface area (Å²) in [5, 5.41) is 3.56. The maximum Gasteiger partial charge on any atom is 0.340 e. The largest absolute Gasteiger partial charge is 0.452 e. The van der Waals surface area contributed by atoms with Crippen molar-refractivity contribution in [3.05, 3.63) is 64.7 Å². The molecule has 1 N–H and O–H groups in total. The Morgan fingerprint density at radius 2 is 1.79 bits per heavy atom. The second kappa shape index (κ2) is 8.36. The number of para-hydroxylation sites is 1. The van der Waals surface area contributed by atoms with Crippen LogP contribution in [0.25, 0.3) is 0 Å². The van der Waals surface area contributed by atoms with Crippen molar-refractivity contribution in [1.82, 2.24) is 4.90 Å². The Morgan fingerprint density at radius 3 is 2.46 bits per heavy atom. The number of rotatable bonds is 6. The maximum atomic E-state index is 12.1. The molecule has 0 radical (unpaired) electrons. The summed E-state index contributed by atoms with van der Waals surface area (Å²) in [6.07, 6.45) is 0. The zero-order chi connectivity index (χ0) is 17.5. The molecule has 126 valence electrons. The molecule has 0 fully saturated rings. The van der Waals surface area contributed by atoms with Crippen LogP contribution in [0.4, 0.5) is 5.69 Å². The first kappa shape index (κ1) is 17.8. The maximum absolute atomic E-state index is 12.1. The number of anilines is 1. The van der Waals surface area contributed by atoms with Crippen molar-refractivity contribution in [3.63, 3.8) is 0 Å². The molecule has 2 rings (SSSR count). The molecule has 0 saturated heterocycles. The van der Waals surface area contributed by atoms with E-state index in [2.05, 4.69) is 5.32 Å². The number of esters is 1. The first-order chi connectivity index (χ1) is 11.5. The van der Waals surface area contributed by atoms with Crippen LogP contribution in [0.15, 0.2) is 48.5 Å². The molecule has 0 atom stereocenters. The fourth-order valence-corrected chi connectivity index (χ4v) is 2.27. The minimum Gasteiger partial charge on any atom is -0.452 e. The second-order valence-electron chi connectivity index (χ2n) is 5.25. The summed E-state index contributed by atoms with van der Waals surface area (Å²) in [6.45, 7) is 0.113. The molecule has 0 bridgehead atoms. The van der Waals surface area contributed by atoms with Crippen LogP contribution in [0.1, 0.15) is 15.9 Å². The Bertz CT molecular complexity index is 716. The first-order valence-corrected chi connectivity index (χ1v) is 7.81. The number of carbonyl (C=O) groups excluding carboxylic acids is 2. The van der Waals surface area contributed by atoms with E-state index in [4.69, 9.17) is 16.3 Å². The van der Waals surface area contributed by atoms with E-state index in [1.807, 2.05) is 18.2 Å². The highest BCUT2D eigenvalue weighted by atomic mass is 35.5. The molecule has 0 aliphatic heterocycles. The van der Waals surface area contributed by atoms with Crippen molar-refractivity contribution < 1.29 is 14.3 Å². The third kappa shape index (κ3) is 4.73. The van der Waals surface area contributed by atoms with E-state index in [1.54, 1.807) is 44.4 Å². The van der Waals surface area contributed by atoms with Gasteiger partial charge in [0.05, 0.1) is 5.56 Å². The highest BCUT2D eigenvalue weighted by Crippen LogP contribution is 2.15. The number of carbonyl (C=O) groups is 2. The number of likely N-dealkylation sites (N-methyl/N-ethyl adjacent to an activating group) is 1. The molecule has 0 spiro atoms. The number of hydrogen-bond donors (Lipinski definition) is 1. The van der Waals surface area contributed by atoms with Crippen LogP contribution in [0.5, 0.6) is 0 Å². The van der Waals surface area contributed by atoms with E-state index in [9.17, 15) is 9.59 Å². The summed E-state index contributed by atoms with van der Waals surface area (Å²) >= 11 is 5.84. The molecule has 1 amide bonds. The monoisotopic (exact) mass is 346 g/mol. The Balaban J connectivity index is 1.90. The predicted octanol–water partition coefficient (Wildman–Crippen LogP) is 3.20. The third-order valence-electron chi connectivity index (χ3n) is 3.50. The number of amides is 1. The summed E-state index contributed by atoms with van der Waals surface area (Å²) < 4.78 is 5.12. The number of halogens is 1. The predicted molar refractivity (Wildman–Crippen MR) is 94.2 cm³/mol. The van der Waals surface area contributed by atoms with Crippen molar-refractivity contribution in [3.8, 4) is 0 Å². The van der Waals surface area contributed by atoms with Crippen molar-refractivity contribution in [2.45, 2.75) is 6.54 Å². The summed E-state index contributed by atoms with van der Waals surface area (Å²) in [5.74, 6) is -0.812. The molecule has 2 aromatic rings.